The smallest absolute Gasteiger partial charge is 0.110 e. The van der Waals surface area contributed by atoms with Gasteiger partial charge in [0.15, 0.2) is 0 Å². The van der Waals surface area contributed by atoms with Crippen molar-refractivity contribution in [1.29, 1.82) is 0 Å². The maximum absolute atomic E-state index is 5.48. The SMILES string of the molecule is IOC1CCCC1CN1CCCC1. The van der Waals surface area contributed by atoms with E-state index in [1.807, 2.05) is 0 Å². The largest absolute Gasteiger partial charge is 0.312 e. The maximum atomic E-state index is 5.48. The Morgan fingerprint density at radius 2 is 1.92 bits per heavy atom. The summed E-state index contributed by atoms with van der Waals surface area (Å²) in [6.07, 6.45) is 7.38. The van der Waals surface area contributed by atoms with E-state index in [1.165, 1.54) is 51.7 Å². The number of halogens is 1. The summed E-state index contributed by atoms with van der Waals surface area (Å²) in [6, 6.07) is 0. The average molecular weight is 295 g/mol. The monoisotopic (exact) mass is 295 g/mol. The molecule has 0 amide bonds. The van der Waals surface area contributed by atoms with Crippen molar-refractivity contribution in [1.82, 2.24) is 4.90 Å². The zero-order chi connectivity index (χ0) is 9.10. The molecule has 2 atom stereocenters. The van der Waals surface area contributed by atoms with Crippen LogP contribution in [0.1, 0.15) is 32.1 Å². The van der Waals surface area contributed by atoms with Crippen molar-refractivity contribution < 1.29 is 3.07 Å². The molecule has 2 unspecified atom stereocenters. The van der Waals surface area contributed by atoms with Gasteiger partial charge in [0.25, 0.3) is 0 Å². The summed E-state index contributed by atoms with van der Waals surface area (Å²) in [5.74, 6) is 0.815. The number of hydrogen-bond acceptors (Lipinski definition) is 2. The third-order valence-corrected chi connectivity index (χ3v) is 4.05. The van der Waals surface area contributed by atoms with Crippen LogP contribution in [-0.4, -0.2) is 30.6 Å². The van der Waals surface area contributed by atoms with Crippen LogP contribution in [0.3, 0.4) is 0 Å². The zero-order valence-electron chi connectivity index (χ0n) is 8.04. The molecule has 0 aromatic carbocycles. The highest BCUT2D eigenvalue weighted by molar-refractivity contribution is 14.1. The van der Waals surface area contributed by atoms with Crippen LogP contribution in [0.15, 0.2) is 0 Å². The molecule has 0 radical (unpaired) electrons. The second-order valence-corrected chi connectivity index (χ2v) is 4.83. The van der Waals surface area contributed by atoms with Crippen molar-refractivity contribution in [2.24, 2.45) is 5.92 Å². The third-order valence-electron chi connectivity index (χ3n) is 3.40. The number of likely N-dealkylation sites (tertiary alicyclic amines) is 1. The van der Waals surface area contributed by atoms with Gasteiger partial charge in [0.05, 0.1) is 6.10 Å². The van der Waals surface area contributed by atoms with Crippen molar-refractivity contribution in [2.45, 2.75) is 38.2 Å². The van der Waals surface area contributed by atoms with Gasteiger partial charge in [-0.2, -0.15) is 0 Å². The molecule has 0 aromatic rings. The molecule has 3 heteroatoms. The summed E-state index contributed by atoms with van der Waals surface area (Å²) in [7, 11) is 0. The van der Waals surface area contributed by atoms with Gasteiger partial charge in [0.2, 0.25) is 0 Å². The molecule has 1 aliphatic carbocycles. The fourth-order valence-electron chi connectivity index (χ4n) is 2.63. The Bertz CT molecular complexity index is 159. The average Bonchev–Trinajstić information content (AvgIpc) is 2.76. The van der Waals surface area contributed by atoms with Crippen LogP contribution in [0.25, 0.3) is 0 Å². The van der Waals surface area contributed by atoms with Gasteiger partial charge in [0.1, 0.15) is 23.0 Å². The Kier molecular flexibility index (Phi) is 3.86. The highest BCUT2D eigenvalue weighted by Gasteiger charge is 2.29. The second-order valence-electron chi connectivity index (χ2n) is 4.33. The lowest BCUT2D eigenvalue weighted by Crippen LogP contribution is -2.30. The molecule has 0 aromatic heterocycles. The van der Waals surface area contributed by atoms with E-state index in [0.717, 1.165) is 5.92 Å². The van der Waals surface area contributed by atoms with E-state index >= 15 is 0 Å². The molecule has 2 nitrogen and oxygen atoms in total. The van der Waals surface area contributed by atoms with Crippen LogP contribution in [0.5, 0.6) is 0 Å². The first-order chi connectivity index (χ1) is 6.40. The molecular weight excluding hydrogens is 277 g/mol. The molecule has 2 aliphatic rings. The topological polar surface area (TPSA) is 12.5 Å². The van der Waals surface area contributed by atoms with Crippen LogP contribution in [-0.2, 0) is 3.07 Å². The minimum absolute atomic E-state index is 0.543. The minimum atomic E-state index is 0.543. The summed E-state index contributed by atoms with van der Waals surface area (Å²) in [5, 5.41) is 0. The van der Waals surface area contributed by atoms with Gasteiger partial charge in [-0.15, -0.1) is 0 Å². The predicted molar refractivity (Wildman–Crippen MR) is 61.9 cm³/mol. The normalized spacial score (nSPS) is 35.8. The highest BCUT2D eigenvalue weighted by atomic mass is 127. The fourth-order valence-corrected chi connectivity index (χ4v) is 3.30. The van der Waals surface area contributed by atoms with Gasteiger partial charge >= 0.3 is 0 Å². The molecule has 1 saturated heterocycles. The first kappa shape index (κ1) is 10.2. The number of rotatable bonds is 3. The van der Waals surface area contributed by atoms with Gasteiger partial charge in [-0.3, -0.25) is 0 Å². The standard InChI is InChI=1S/C10H18INO/c11-13-10-5-3-4-9(10)8-12-6-1-2-7-12/h9-10H,1-8H2. The lowest BCUT2D eigenvalue weighted by Gasteiger charge is -2.23. The molecule has 2 rings (SSSR count). The van der Waals surface area contributed by atoms with E-state index in [4.69, 9.17) is 3.07 Å². The Morgan fingerprint density at radius 1 is 1.15 bits per heavy atom. The van der Waals surface area contributed by atoms with Gasteiger partial charge in [0, 0.05) is 6.54 Å². The first-order valence-electron chi connectivity index (χ1n) is 5.40. The Balaban J connectivity index is 1.79. The van der Waals surface area contributed by atoms with Gasteiger partial charge in [-0.1, -0.05) is 6.42 Å². The molecule has 0 N–H and O–H groups in total. The fraction of sp³-hybridized carbons (Fsp3) is 1.00. The predicted octanol–water partition coefficient (Wildman–Crippen LogP) is 2.62. The van der Waals surface area contributed by atoms with E-state index in [1.54, 1.807) is 0 Å². The first-order valence-corrected chi connectivity index (χ1v) is 6.28. The summed E-state index contributed by atoms with van der Waals surface area (Å²) in [6.45, 7) is 3.93. The Hall–Kier alpha value is 0.650. The number of hydrogen-bond donors (Lipinski definition) is 0. The van der Waals surface area contributed by atoms with Crippen molar-refractivity contribution in [3.05, 3.63) is 0 Å². The quantitative estimate of drug-likeness (QED) is 0.742. The van der Waals surface area contributed by atoms with Crippen molar-refractivity contribution in [3.8, 4) is 0 Å². The maximum Gasteiger partial charge on any atom is 0.110 e. The van der Waals surface area contributed by atoms with Gasteiger partial charge in [-0.25, -0.2) is 0 Å². The third kappa shape index (κ3) is 2.57. The molecule has 0 spiro atoms. The summed E-state index contributed by atoms with van der Waals surface area (Å²) in [5.41, 5.74) is 0. The van der Waals surface area contributed by atoms with E-state index in [0.29, 0.717) is 6.10 Å². The number of nitrogens with zero attached hydrogens (tertiary/aromatic N) is 1. The summed E-state index contributed by atoms with van der Waals surface area (Å²) >= 11 is 2.07. The lowest BCUT2D eigenvalue weighted by molar-refractivity contribution is 0.174. The Labute approximate surface area is 94.7 Å². The van der Waals surface area contributed by atoms with E-state index in [9.17, 15) is 0 Å². The molecule has 1 aliphatic heterocycles. The van der Waals surface area contributed by atoms with Crippen molar-refractivity contribution in [3.63, 3.8) is 0 Å². The zero-order valence-corrected chi connectivity index (χ0v) is 10.2. The molecule has 1 saturated carbocycles. The van der Waals surface area contributed by atoms with Crippen molar-refractivity contribution in [2.75, 3.05) is 19.6 Å². The molecule has 2 fully saturated rings. The van der Waals surface area contributed by atoms with Crippen LogP contribution in [0, 0.1) is 5.92 Å². The van der Waals surface area contributed by atoms with Crippen LogP contribution < -0.4 is 0 Å². The van der Waals surface area contributed by atoms with Crippen LogP contribution in [0.4, 0.5) is 0 Å². The van der Waals surface area contributed by atoms with E-state index in [2.05, 4.69) is 27.9 Å². The molecule has 13 heavy (non-hydrogen) atoms. The second kappa shape index (κ2) is 4.94. The lowest BCUT2D eigenvalue weighted by atomic mass is 10.1. The van der Waals surface area contributed by atoms with Crippen LogP contribution in [0.2, 0.25) is 0 Å². The highest BCUT2D eigenvalue weighted by Crippen LogP contribution is 2.31. The van der Waals surface area contributed by atoms with Crippen molar-refractivity contribution >= 4 is 23.0 Å². The van der Waals surface area contributed by atoms with Crippen LogP contribution >= 0.6 is 23.0 Å². The summed E-state index contributed by atoms with van der Waals surface area (Å²) < 4.78 is 5.48. The van der Waals surface area contributed by atoms with E-state index in [-0.39, 0.29) is 0 Å². The molecule has 0 bridgehead atoms. The molecular formula is C10H18INO. The molecule has 1 heterocycles. The van der Waals surface area contributed by atoms with E-state index < -0.39 is 0 Å². The van der Waals surface area contributed by atoms with Gasteiger partial charge < -0.3 is 7.97 Å². The minimum Gasteiger partial charge on any atom is -0.312 e. The van der Waals surface area contributed by atoms with Gasteiger partial charge in [-0.05, 0) is 44.7 Å². The summed E-state index contributed by atoms with van der Waals surface area (Å²) in [4.78, 5) is 2.61. The Morgan fingerprint density at radius 3 is 2.62 bits per heavy atom. The molecule has 76 valence electrons.